The standard InChI is InChI=1S/C25H23N3O3/c1-3-31-20-13-11-18(12-14-20)22-23(27-21-10-5-4-8-17(21)2)25(30)28(24(22)29)16-19-9-6-7-15-26-19/h4-15,27H,3,16H2,1-2H3. The SMILES string of the molecule is CCOc1ccc(C2=C(Nc3ccccc3C)C(=O)N(Cc3ccccn3)C2=O)cc1. The smallest absolute Gasteiger partial charge is 0.278 e. The molecule has 1 N–H and O–H groups in total. The Balaban J connectivity index is 1.74. The van der Waals surface area contributed by atoms with Gasteiger partial charge in [-0.05, 0) is 55.3 Å². The molecular weight excluding hydrogens is 390 g/mol. The number of aromatic nitrogens is 1. The first kappa shape index (κ1) is 20.3. The Kier molecular flexibility index (Phi) is 5.80. The van der Waals surface area contributed by atoms with Crippen LogP contribution in [0.5, 0.6) is 5.75 Å². The van der Waals surface area contributed by atoms with Gasteiger partial charge >= 0.3 is 0 Å². The fourth-order valence-electron chi connectivity index (χ4n) is 3.49. The van der Waals surface area contributed by atoms with Crippen molar-refractivity contribution >= 4 is 23.1 Å². The number of hydrogen-bond acceptors (Lipinski definition) is 5. The number of amides is 2. The maximum atomic E-state index is 13.4. The highest BCUT2D eigenvalue weighted by atomic mass is 16.5. The van der Waals surface area contributed by atoms with Crippen LogP contribution >= 0.6 is 0 Å². The van der Waals surface area contributed by atoms with Crippen LogP contribution in [0.15, 0.2) is 78.6 Å². The van der Waals surface area contributed by atoms with Crippen molar-refractivity contribution in [2.24, 2.45) is 0 Å². The third kappa shape index (κ3) is 4.19. The van der Waals surface area contributed by atoms with E-state index in [1.165, 1.54) is 4.90 Å². The van der Waals surface area contributed by atoms with Crippen LogP contribution in [0.2, 0.25) is 0 Å². The second kappa shape index (κ2) is 8.83. The first-order chi connectivity index (χ1) is 15.1. The Morgan fingerprint density at radius 3 is 2.35 bits per heavy atom. The molecule has 2 aromatic carbocycles. The number of imide groups is 1. The average Bonchev–Trinajstić information content (AvgIpc) is 3.01. The molecule has 1 aliphatic heterocycles. The Bertz CT molecular complexity index is 1140. The van der Waals surface area contributed by atoms with Crippen LogP contribution in [0.3, 0.4) is 0 Å². The van der Waals surface area contributed by atoms with Crippen molar-refractivity contribution in [3.63, 3.8) is 0 Å². The number of nitrogens with zero attached hydrogens (tertiary/aromatic N) is 2. The Morgan fingerprint density at radius 2 is 1.68 bits per heavy atom. The van der Waals surface area contributed by atoms with E-state index in [1.807, 2.05) is 44.2 Å². The lowest BCUT2D eigenvalue weighted by Gasteiger charge is -2.15. The van der Waals surface area contributed by atoms with Gasteiger partial charge in [-0.15, -0.1) is 0 Å². The highest BCUT2D eigenvalue weighted by Gasteiger charge is 2.39. The molecule has 1 aliphatic rings. The van der Waals surface area contributed by atoms with Crippen molar-refractivity contribution in [1.29, 1.82) is 0 Å². The number of aryl methyl sites for hydroxylation is 1. The summed E-state index contributed by atoms with van der Waals surface area (Å²) in [5, 5.41) is 3.21. The van der Waals surface area contributed by atoms with Gasteiger partial charge in [0.05, 0.1) is 24.4 Å². The van der Waals surface area contributed by atoms with Gasteiger partial charge in [0.15, 0.2) is 0 Å². The monoisotopic (exact) mass is 413 g/mol. The normalized spacial score (nSPS) is 13.7. The Labute approximate surface area is 181 Å². The van der Waals surface area contributed by atoms with E-state index in [9.17, 15) is 9.59 Å². The highest BCUT2D eigenvalue weighted by Crippen LogP contribution is 2.32. The lowest BCUT2D eigenvalue weighted by molar-refractivity contribution is -0.137. The van der Waals surface area contributed by atoms with Crippen LogP contribution in [-0.4, -0.2) is 28.3 Å². The molecule has 31 heavy (non-hydrogen) atoms. The molecule has 0 atom stereocenters. The minimum absolute atomic E-state index is 0.109. The molecule has 0 saturated carbocycles. The molecular formula is C25H23N3O3. The van der Waals surface area contributed by atoms with Crippen molar-refractivity contribution in [3.8, 4) is 5.75 Å². The van der Waals surface area contributed by atoms with Crippen LogP contribution in [-0.2, 0) is 16.1 Å². The van der Waals surface area contributed by atoms with Crippen LogP contribution in [0.1, 0.15) is 23.7 Å². The highest BCUT2D eigenvalue weighted by molar-refractivity contribution is 6.36. The number of benzene rings is 2. The van der Waals surface area contributed by atoms with Crippen molar-refractivity contribution in [2.45, 2.75) is 20.4 Å². The topological polar surface area (TPSA) is 71.5 Å². The maximum absolute atomic E-state index is 13.4. The van der Waals surface area contributed by atoms with Crippen LogP contribution in [0, 0.1) is 6.92 Å². The fourth-order valence-corrected chi connectivity index (χ4v) is 3.49. The van der Waals surface area contributed by atoms with E-state index in [0.29, 0.717) is 29.2 Å². The number of carbonyl (C=O) groups excluding carboxylic acids is 2. The number of ether oxygens (including phenoxy) is 1. The van der Waals surface area contributed by atoms with Crippen LogP contribution < -0.4 is 10.1 Å². The predicted octanol–water partition coefficient (Wildman–Crippen LogP) is 4.18. The molecule has 156 valence electrons. The lowest BCUT2D eigenvalue weighted by atomic mass is 10.0. The molecule has 2 amide bonds. The second-order valence-corrected chi connectivity index (χ2v) is 7.16. The third-order valence-corrected chi connectivity index (χ3v) is 5.07. The van der Waals surface area contributed by atoms with E-state index in [-0.39, 0.29) is 24.1 Å². The van der Waals surface area contributed by atoms with Gasteiger partial charge in [-0.1, -0.05) is 36.4 Å². The van der Waals surface area contributed by atoms with E-state index < -0.39 is 0 Å². The quantitative estimate of drug-likeness (QED) is 0.589. The zero-order valence-corrected chi connectivity index (χ0v) is 17.5. The fraction of sp³-hybridized carbons (Fsp3) is 0.160. The van der Waals surface area contributed by atoms with Crippen molar-refractivity contribution in [1.82, 2.24) is 9.88 Å². The summed E-state index contributed by atoms with van der Waals surface area (Å²) in [5.74, 6) is -0.0129. The summed E-state index contributed by atoms with van der Waals surface area (Å²) in [6, 6.07) is 20.3. The van der Waals surface area contributed by atoms with Crippen LogP contribution in [0.4, 0.5) is 5.69 Å². The zero-order valence-electron chi connectivity index (χ0n) is 17.5. The van der Waals surface area contributed by atoms with Gasteiger partial charge in [0.2, 0.25) is 0 Å². The summed E-state index contributed by atoms with van der Waals surface area (Å²) in [6.45, 7) is 4.52. The van der Waals surface area contributed by atoms with E-state index in [4.69, 9.17) is 4.74 Å². The van der Waals surface area contributed by atoms with Gasteiger partial charge in [-0.3, -0.25) is 19.5 Å². The number of hydrogen-bond donors (Lipinski definition) is 1. The Hall–Kier alpha value is -3.93. The summed E-state index contributed by atoms with van der Waals surface area (Å²) >= 11 is 0. The van der Waals surface area contributed by atoms with Gasteiger partial charge < -0.3 is 10.1 Å². The van der Waals surface area contributed by atoms with Crippen molar-refractivity contribution < 1.29 is 14.3 Å². The lowest BCUT2D eigenvalue weighted by Crippen LogP contribution is -2.32. The summed E-state index contributed by atoms with van der Waals surface area (Å²) in [7, 11) is 0. The third-order valence-electron chi connectivity index (χ3n) is 5.07. The first-order valence-electron chi connectivity index (χ1n) is 10.1. The van der Waals surface area contributed by atoms with E-state index >= 15 is 0 Å². The van der Waals surface area contributed by atoms with Crippen molar-refractivity contribution in [3.05, 3.63) is 95.4 Å². The summed E-state index contributed by atoms with van der Waals surface area (Å²) in [6.07, 6.45) is 1.65. The van der Waals surface area contributed by atoms with Gasteiger partial charge in [0.1, 0.15) is 11.4 Å². The molecule has 0 unspecified atom stereocenters. The molecule has 2 heterocycles. The number of rotatable bonds is 7. The summed E-state index contributed by atoms with van der Waals surface area (Å²) in [5.41, 5.74) is 3.66. The largest absolute Gasteiger partial charge is 0.494 e. The van der Waals surface area contributed by atoms with Gasteiger partial charge in [-0.2, -0.15) is 0 Å². The van der Waals surface area contributed by atoms with Gasteiger partial charge in [-0.25, -0.2) is 0 Å². The number of anilines is 1. The molecule has 0 spiro atoms. The first-order valence-corrected chi connectivity index (χ1v) is 10.1. The molecule has 0 aliphatic carbocycles. The minimum Gasteiger partial charge on any atom is -0.494 e. The van der Waals surface area contributed by atoms with E-state index in [1.54, 1.807) is 42.6 Å². The molecule has 6 heteroatoms. The van der Waals surface area contributed by atoms with Crippen molar-refractivity contribution in [2.75, 3.05) is 11.9 Å². The van der Waals surface area contributed by atoms with Crippen LogP contribution in [0.25, 0.3) is 5.57 Å². The number of para-hydroxylation sites is 1. The summed E-state index contributed by atoms with van der Waals surface area (Å²) < 4.78 is 5.51. The molecule has 3 aromatic rings. The number of nitrogens with one attached hydrogen (secondary N) is 1. The molecule has 0 fully saturated rings. The molecule has 4 rings (SSSR count). The Morgan fingerprint density at radius 1 is 0.935 bits per heavy atom. The summed E-state index contributed by atoms with van der Waals surface area (Å²) in [4.78, 5) is 32.2. The predicted molar refractivity (Wildman–Crippen MR) is 119 cm³/mol. The second-order valence-electron chi connectivity index (χ2n) is 7.16. The number of carbonyl (C=O) groups is 2. The maximum Gasteiger partial charge on any atom is 0.278 e. The van der Waals surface area contributed by atoms with Gasteiger partial charge in [0.25, 0.3) is 11.8 Å². The molecule has 0 saturated heterocycles. The van der Waals surface area contributed by atoms with Gasteiger partial charge in [0, 0.05) is 11.9 Å². The zero-order chi connectivity index (χ0) is 21.8. The molecule has 0 radical (unpaired) electrons. The minimum atomic E-state index is -0.372. The van der Waals surface area contributed by atoms with E-state index in [0.717, 1.165) is 11.3 Å². The average molecular weight is 413 g/mol. The molecule has 6 nitrogen and oxygen atoms in total. The molecule has 0 bridgehead atoms. The number of pyridine rings is 1. The molecule has 1 aromatic heterocycles. The van der Waals surface area contributed by atoms with E-state index in [2.05, 4.69) is 10.3 Å².